The van der Waals surface area contributed by atoms with Gasteiger partial charge in [-0.05, 0) is 43.9 Å². The summed E-state index contributed by atoms with van der Waals surface area (Å²) in [5.74, 6) is 0.210. The number of benzene rings is 1. The second kappa shape index (κ2) is 7.58. The third-order valence-electron chi connectivity index (χ3n) is 5.74. The number of rotatable bonds is 3. The number of aryl methyl sites for hydroxylation is 1. The minimum Gasteiger partial charge on any atom is -0.352 e. The van der Waals surface area contributed by atoms with Gasteiger partial charge >= 0.3 is 0 Å². The van der Waals surface area contributed by atoms with Gasteiger partial charge in [-0.3, -0.25) is 14.7 Å². The maximum Gasteiger partial charge on any atom is 0.220 e. The van der Waals surface area contributed by atoms with Crippen molar-refractivity contribution in [2.45, 2.75) is 63.7 Å². The molecule has 4 nitrogen and oxygen atoms in total. The number of carbonyl (C=O) groups is 1. The third kappa shape index (κ3) is 3.65. The Bertz CT molecular complexity index is 761. The molecular formula is C22H27N3O. The highest BCUT2D eigenvalue weighted by Crippen LogP contribution is 2.40. The Labute approximate surface area is 155 Å². The van der Waals surface area contributed by atoms with Crippen molar-refractivity contribution in [1.29, 1.82) is 0 Å². The Morgan fingerprint density at radius 1 is 1.12 bits per heavy atom. The fourth-order valence-electron chi connectivity index (χ4n) is 4.54. The molecule has 3 heterocycles. The minimum absolute atomic E-state index is 0.210. The second-order valence-electron chi connectivity index (χ2n) is 7.59. The van der Waals surface area contributed by atoms with E-state index in [-0.39, 0.29) is 11.9 Å². The van der Waals surface area contributed by atoms with Crippen LogP contribution < -0.4 is 5.32 Å². The summed E-state index contributed by atoms with van der Waals surface area (Å²) < 4.78 is 0. The number of amides is 1. The lowest BCUT2D eigenvalue weighted by molar-refractivity contribution is -0.122. The molecule has 0 aliphatic carbocycles. The predicted octanol–water partition coefficient (Wildman–Crippen LogP) is 3.76. The Balaban J connectivity index is 1.65. The number of likely N-dealkylation sites (tertiary alicyclic amines) is 1. The smallest absolute Gasteiger partial charge is 0.220 e. The van der Waals surface area contributed by atoms with Crippen molar-refractivity contribution >= 4 is 5.91 Å². The Hall–Kier alpha value is -2.20. The van der Waals surface area contributed by atoms with Crippen molar-refractivity contribution in [3.05, 3.63) is 65.5 Å². The first-order chi connectivity index (χ1) is 12.7. The quantitative estimate of drug-likeness (QED) is 0.917. The van der Waals surface area contributed by atoms with Gasteiger partial charge < -0.3 is 5.32 Å². The molecule has 0 saturated carbocycles. The summed E-state index contributed by atoms with van der Waals surface area (Å²) in [7, 11) is 0. The Morgan fingerprint density at radius 3 is 2.77 bits per heavy atom. The van der Waals surface area contributed by atoms with E-state index < -0.39 is 0 Å². The molecule has 0 spiro atoms. The van der Waals surface area contributed by atoms with Crippen LogP contribution in [-0.4, -0.2) is 27.9 Å². The van der Waals surface area contributed by atoms with Crippen LogP contribution in [0.2, 0.25) is 0 Å². The van der Waals surface area contributed by atoms with E-state index in [0.717, 1.165) is 43.6 Å². The number of aromatic nitrogens is 1. The zero-order chi connectivity index (χ0) is 17.9. The standard InChI is InChI=1S/C22H27N3O/c1-16-8-7-11-18(23-16)15-25-20-12-5-6-13-22(26)24-19(20)14-21(25)17-9-3-2-4-10-17/h2-4,7-11,19-21H,5-6,12-15H2,1H3,(H,24,26)/t19-,20+,21+/m1/s1. The van der Waals surface area contributed by atoms with Gasteiger partial charge in [0.15, 0.2) is 0 Å². The Morgan fingerprint density at radius 2 is 1.96 bits per heavy atom. The molecule has 1 aromatic heterocycles. The van der Waals surface area contributed by atoms with Crippen molar-refractivity contribution in [2.75, 3.05) is 0 Å². The summed E-state index contributed by atoms with van der Waals surface area (Å²) in [4.78, 5) is 19.5. The van der Waals surface area contributed by atoms with Gasteiger partial charge in [0.05, 0.1) is 5.69 Å². The van der Waals surface area contributed by atoms with Crippen LogP contribution in [-0.2, 0) is 11.3 Å². The summed E-state index contributed by atoms with van der Waals surface area (Å²) in [6.07, 6.45) is 4.89. The van der Waals surface area contributed by atoms with E-state index in [2.05, 4.69) is 52.7 Å². The lowest BCUT2D eigenvalue weighted by Crippen LogP contribution is -2.46. The van der Waals surface area contributed by atoms with Crippen LogP contribution in [0.1, 0.15) is 55.1 Å². The molecule has 0 bridgehead atoms. The van der Waals surface area contributed by atoms with E-state index in [0.29, 0.717) is 18.5 Å². The van der Waals surface area contributed by atoms with Gasteiger partial charge in [-0.15, -0.1) is 0 Å². The van der Waals surface area contributed by atoms with Gasteiger partial charge in [0, 0.05) is 36.8 Å². The number of pyridine rings is 1. The molecule has 2 aliphatic rings. The molecule has 1 aromatic carbocycles. The van der Waals surface area contributed by atoms with Crippen molar-refractivity contribution in [3.8, 4) is 0 Å². The second-order valence-corrected chi connectivity index (χ2v) is 7.59. The molecule has 1 amide bonds. The lowest BCUT2D eigenvalue weighted by atomic mass is 9.97. The van der Waals surface area contributed by atoms with Crippen LogP contribution >= 0.6 is 0 Å². The van der Waals surface area contributed by atoms with Crippen LogP contribution in [0.5, 0.6) is 0 Å². The molecule has 1 N–H and O–H groups in total. The predicted molar refractivity (Wildman–Crippen MR) is 103 cm³/mol. The molecular weight excluding hydrogens is 322 g/mol. The van der Waals surface area contributed by atoms with E-state index in [1.807, 2.05) is 13.0 Å². The average Bonchev–Trinajstić information content (AvgIpc) is 2.94. The topological polar surface area (TPSA) is 45.2 Å². The maximum atomic E-state index is 12.2. The van der Waals surface area contributed by atoms with Crippen LogP contribution in [0.25, 0.3) is 0 Å². The zero-order valence-corrected chi connectivity index (χ0v) is 15.4. The molecule has 0 radical (unpaired) electrons. The maximum absolute atomic E-state index is 12.2. The number of nitrogens with one attached hydrogen (secondary N) is 1. The van der Waals surface area contributed by atoms with Crippen LogP contribution in [0, 0.1) is 6.92 Å². The Kier molecular flexibility index (Phi) is 5.02. The van der Waals surface area contributed by atoms with E-state index in [9.17, 15) is 4.79 Å². The molecule has 0 unspecified atom stereocenters. The molecule has 4 rings (SSSR count). The number of nitrogens with zero attached hydrogens (tertiary/aromatic N) is 2. The summed E-state index contributed by atoms with van der Waals surface area (Å²) in [6.45, 7) is 2.87. The van der Waals surface area contributed by atoms with E-state index in [4.69, 9.17) is 4.98 Å². The molecule has 2 aromatic rings. The number of hydrogen-bond acceptors (Lipinski definition) is 3. The SMILES string of the molecule is Cc1cccc(CN2[C@H](c3ccccc3)C[C@H]3NC(=O)CCCC[C@@H]32)n1. The minimum atomic E-state index is 0.210. The van der Waals surface area contributed by atoms with Crippen molar-refractivity contribution in [3.63, 3.8) is 0 Å². The molecule has 3 atom stereocenters. The van der Waals surface area contributed by atoms with E-state index in [1.165, 1.54) is 5.56 Å². The summed E-state index contributed by atoms with van der Waals surface area (Å²) >= 11 is 0. The van der Waals surface area contributed by atoms with Crippen LogP contribution in [0.4, 0.5) is 0 Å². The number of carbonyl (C=O) groups excluding carboxylic acids is 1. The zero-order valence-electron chi connectivity index (χ0n) is 15.4. The van der Waals surface area contributed by atoms with Crippen molar-refractivity contribution in [1.82, 2.24) is 15.2 Å². The van der Waals surface area contributed by atoms with Gasteiger partial charge in [-0.2, -0.15) is 0 Å². The normalized spacial score (nSPS) is 26.7. The number of fused-ring (bicyclic) bond motifs is 1. The van der Waals surface area contributed by atoms with Gasteiger partial charge in [-0.1, -0.05) is 42.8 Å². The first-order valence-electron chi connectivity index (χ1n) is 9.73. The van der Waals surface area contributed by atoms with Gasteiger partial charge in [0.1, 0.15) is 0 Å². The summed E-state index contributed by atoms with van der Waals surface area (Å²) in [6, 6.07) is 17.9. The largest absolute Gasteiger partial charge is 0.352 e. The molecule has 2 fully saturated rings. The van der Waals surface area contributed by atoms with E-state index in [1.54, 1.807) is 0 Å². The van der Waals surface area contributed by atoms with Crippen molar-refractivity contribution in [2.24, 2.45) is 0 Å². The highest BCUT2D eigenvalue weighted by Gasteiger charge is 2.42. The van der Waals surface area contributed by atoms with Crippen LogP contribution in [0.15, 0.2) is 48.5 Å². The molecule has 4 heteroatoms. The summed E-state index contributed by atoms with van der Waals surface area (Å²) in [5, 5.41) is 3.31. The lowest BCUT2D eigenvalue weighted by Gasteiger charge is -2.32. The molecule has 2 aliphatic heterocycles. The highest BCUT2D eigenvalue weighted by molar-refractivity contribution is 5.76. The third-order valence-corrected chi connectivity index (χ3v) is 5.74. The highest BCUT2D eigenvalue weighted by atomic mass is 16.1. The van der Waals surface area contributed by atoms with Gasteiger partial charge in [-0.25, -0.2) is 0 Å². The first-order valence-corrected chi connectivity index (χ1v) is 9.73. The van der Waals surface area contributed by atoms with Crippen LogP contribution in [0.3, 0.4) is 0 Å². The van der Waals surface area contributed by atoms with E-state index >= 15 is 0 Å². The monoisotopic (exact) mass is 349 g/mol. The average molecular weight is 349 g/mol. The molecule has 136 valence electrons. The number of hydrogen-bond donors (Lipinski definition) is 1. The first kappa shape index (κ1) is 17.2. The van der Waals surface area contributed by atoms with Crippen molar-refractivity contribution < 1.29 is 4.79 Å². The van der Waals surface area contributed by atoms with Gasteiger partial charge in [0.25, 0.3) is 0 Å². The fraction of sp³-hybridized carbons (Fsp3) is 0.455. The molecule has 26 heavy (non-hydrogen) atoms. The molecule has 2 saturated heterocycles. The summed E-state index contributed by atoms with van der Waals surface area (Å²) in [5.41, 5.74) is 3.50. The van der Waals surface area contributed by atoms with Gasteiger partial charge in [0.2, 0.25) is 5.91 Å². The fourth-order valence-corrected chi connectivity index (χ4v) is 4.54.